The number of likely N-dealkylation sites (tertiary alicyclic amines) is 3. The number of rotatable bonds is 39. The van der Waals surface area contributed by atoms with Gasteiger partial charge in [0.1, 0.15) is 56.1 Å². The average molecular weight is 1870 g/mol. The molecule has 0 aromatic heterocycles. The zero-order valence-electron chi connectivity index (χ0n) is 82.7. The van der Waals surface area contributed by atoms with Gasteiger partial charge in [-0.05, 0) is 110 Å². The van der Waals surface area contributed by atoms with Crippen LogP contribution in [0.3, 0.4) is 0 Å². The predicted octanol–water partition coefficient (Wildman–Crippen LogP) is 6.40. The maximum Gasteiger partial charge on any atom is 0.508 e. The van der Waals surface area contributed by atoms with E-state index < -0.39 is 201 Å². The van der Waals surface area contributed by atoms with Crippen LogP contribution in [0.25, 0.3) is 0 Å². The highest BCUT2D eigenvalue weighted by Gasteiger charge is 2.73. The summed E-state index contributed by atoms with van der Waals surface area (Å²) in [6.07, 6.45) is 5.07. The van der Waals surface area contributed by atoms with Gasteiger partial charge in [-0.25, -0.2) is 28.8 Å². The number of hydrogen-bond acceptors (Lipinski definition) is 24. The number of carbonyl (C=O) groups is 18. The maximum absolute atomic E-state index is 14.2. The van der Waals surface area contributed by atoms with Crippen LogP contribution in [0, 0.1) is 91.2 Å². The summed E-state index contributed by atoms with van der Waals surface area (Å²) < 4.78 is 28.7. The summed E-state index contributed by atoms with van der Waals surface area (Å²) in [4.78, 5) is 237. The summed E-state index contributed by atoms with van der Waals surface area (Å²) in [5, 5.41) is 29.9. The predicted molar refractivity (Wildman–Crippen MR) is 487 cm³/mol. The van der Waals surface area contributed by atoms with Crippen LogP contribution in [0.15, 0.2) is 25.3 Å². The maximum atomic E-state index is 14.2. The molecule has 39 heteroatoms. The van der Waals surface area contributed by atoms with E-state index in [1.54, 1.807) is 0 Å². The van der Waals surface area contributed by atoms with Crippen molar-refractivity contribution >= 4 is 107 Å². The van der Waals surface area contributed by atoms with Gasteiger partial charge < -0.3 is 107 Å². The molecule has 4 saturated carbocycles. The van der Waals surface area contributed by atoms with Crippen LogP contribution in [0.5, 0.6) is 0 Å². The number of fused-ring (bicyclic) bond motifs is 3. The summed E-state index contributed by atoms with van der Waals surface area (Å²) in [7, 11) is 3.56. The first-order valence-corrected chi connectivity index (χ1v) is 45.9. The van der Waals surface area contributed by atoms with Crippen molar-refractivity contribution in [3.63, 3.8) is 0 Å². The number of ether oxygens (including phenoxy) is 6. The fraction of sp³-hybridized carbons (Fsp3) is 0.763. The third-order valence-corrected chi connectivity index (χ3v) is 27.0. The van der Waals surface area contributed by atoms with Crippen molar-refractivity contribution in [2.24, 2.45) is 96.9 Å². The Hall–Kier alpha value is -10.7. The van der Waals surface area contributed by atoms with E-state index in [1.807, 2.05) is 166 Å². The van der Waals surface area contributed by atoms with Crippen LogP contribution in [-0.4, -0.2) is 268 Å². The van der Waals surface area contributed by atoms with E-state index in [2.05, 4.69) is 85.9 Å². The van der Waals surface area contributed by atoms with Crippen LogP contribution in [0.2, 0.25) is 0 Å². The average Bonchev–Trinajstić information content (AvgIpc) is 1.53. The van der Waals surface area contributed by atoms with Gasteiger partial charge in [-0.1, -0.05) is 210 Å². The number of nitrogens with zero attached hydrogens (tertiary/aromatic N) is 3. The third kappa shape index (κ3) is 28.9. The van der Waals surface area contributed by atoms with Gasteiger partial charge in [0.05, 0.1) is 57.6 Å². The van der Waals surface area contributed by atoms with Crippen molar-refractivity contribution in [2.45, 2.75) is 290 Å². The molecule has 18 atom stereocenters. The van der Waals surface area contributed by atoms with Crippen molar-refractivity contribution in [1.29, 1.82) is 0 Å². The van der Waals surface area contributed by atoms with Crippen LogP contribution in [0.1, 0.15) is 218 Å². The molecule has 13 N–H and O–H groups in total. The molecule has 15 amide bonds. The van der Waals surface area contributed by atoms with Crippen LogP contribution in [-0.2, 0) is 86.0 Å². The molecular weight excluding hydrogens is 1710 g/mol. The number of piperidine rings is 3. The minimum atomic E-state index is -1.10. The summed E-state index contributed by atoms with van der Waals surface area (Å²) in [5.74, 6) is -8.10. The number of primary amides is 1. The SMILES string of the molecule is C=CCNC(=O)C(=O)C(CCC)NC(=O)[C@@H]1C2C(CN1C(=O)[C@@H](NC(=O)N[C@H](COC(=O)OC)C(C)(C)C)C(C)(C)C)C2(C)C.C=CCNC(=O)C(=O)C(CCC)NC(=O)[C@@H]1C2C(CN1C(=O)[C@@H](NC(=O)N[C@H](COC(=O)OC)C(C)C)C(C)(C)C)C2(C)C.COC(=O)OC[C@@H](NC(=O)N[C@H](C(=O)N1CC2C([C@H]1C(=O)NC(CC1CCC1)C(=O)C(N)=O)C2(C)C)C(C)(C)C)C(C)C. The number of ketones is 3. The molecule has 3 aliphatic heterocycles. The molecule has 0 radical (unpaired) electrons. The van der Waals surface area contributed by atoms with Crippen LogP contribution in [0.4, 0.5) is 28.8 Å². The lowest BCUT2D eigenvalue weighted by Gasteiger charge is -2.38. The fourth-order valence-electron chi connectivity index (χ4n) is 18.0. The highest BCUT2D eigenvalue weighted by atomic mass is 16.7. The van der Waals surface area contributed by atoms with Crippen LogP contribution < -0.4 is 64.2 Å². The topological polar surface area (TPSA) is 531 Å². The highest BCUT2D eigenvalue weighted by Crippen LogP contribution is 2.67. The molecule has 4 aliphatic carbocycles. The fourth-order valence-corrected chi connectivity index (χ4v) is 18.0. The Bertz CT molecular complexity index is 4210. The van der Waals surface area contributed by atoms with Gasteiger partial charge in [-0.15, -0.1) is 13.2 Å². The van der Waals surface area contributed by atoms with Gasteiger partial charge in [0, 0.05) is 32.7 Å². The summed E-state index contributed by atoms with van der Waals surface area (Å²) in [6.45, 7) is 53.1. The van der Waals surface area contributed by atoms with E-state index in [-0.39, 0.29) is 115 Å². The van der Waals surface area contributed by atoms with Gasteiger partial charge in [-0.2, -0.15) is 0 Å². The van der Waals surface area contributed by atoms with Crippen molar-refractivity contribution < 1.29 is 115 Å². The summed E-state index contributed by atoms with van der Waals surface area (Å²) in [6, 6.07) is -12.4. The Morgan fingerprint density at radius 1 is 0.417 bits per heavy atom. The minimum absolute atomic E-state index is 0.0589. The normalized spacial score (nSPS) is 22.9. The van der Waals surface area contributed by atoms with Gasteiger partial charge in [0.15, 0.2) is 0 Å². The van der Waals surface area contributed by atoms with Gasteiger partial charge >= 0.3 is 36.6 Å². The molecule has 0 bridgehead atoms. The minimum Gasteiger partial charge on any atom is -0.438 e. The number of hydrogen-bond donors (Lipinski definition) is 12. The Morgan fingerprint density at radius 3 is 0.962 bits per heavy atom. The first kappa shape index (κ1) is 112. The number of urea groups is 3. The molecule has 3 saturated heterocycles. The second kappa shape index (κ2) is 46.3. The van der Waals surface area contributed by atoms with E-state index in [0.29, 0.717) is 38.9 Å². The monoisotopic (exact) mass is 1860 g/mol. The van der Waals surface area contributed by atoms with Crippen LogP contribution >= 0.6 is 0 Å². The molecule has 0 spiro atoms. The third-order valence-electron chi connectivity index (χ3n) is 27.0. The van der Waals surface area contributed by atoms with Gasteiger partial charge in [-0.3, -0.25) is 57.5 Å². The van der Waals surface area contributed by atoms with Gasteiger partial charge in [0.2, 0.25) is 52.8 Å². The van der Waals surface area contributed by atoms with Crippen molar-refractivity contribution in [1.82, 2.24) is 73.2 Å². The second-order valence-electron chi connectivity index (χ2n) is 42.6. The molecule has 39 nitrogen and oxygen atoms in total. The van der Waals surface area contributed by atoms with E-state index in [1.165, 1.54) is 48.2 Å². The molecule has 744 valence electrons. The van der Waals surface area contributed by atoms with E-state index in [0.717, 1.165) is 19.3 Å². The quantitative estimate of drug-likeness (QED) is 0.0137. The summed E-state index contributed by atoms with van der Waals surface area (Å²) in [5.41, 5.74) is 1.98. The van der Waals surface area contributed by atoms with Crippen molar-refractivity contribution in [3.05, 3.63) is 25.3 Å². The largest absolute Gasteiger partial charge is 0.508 e. The molecule has 7 rings (SSSR count). The first-order valence-electron chi connectivity index (χ1n) is 45.9. The standard InChI is InChI=1S/C32H53N5O8.C31H51N5O8.C30H49N5O8/c1-12-14-19(23(38)26(40)33-15-13-2)34-25(39)22-21-18(32(21,9)10)16-37(22)27(41)24(31(6,7)8)36-28(42)35-20(30(3,4)5)17-45-29(43)44-11;1-11-13-19(23(37)26(39)32-14-12-2)33-25(38)22-21-18(31(21,8)9)15-36(22)27(40)24(30(5,6)7)35-28(41)34-20(17(3)4)16-44-29(42)43-10;1-15(2)19(14-43-28(41)42-8)33-27(40)34-23(29(3,4)5)26(39)35-13-17-20(30(17,6)7)21(35)25(38)32-18(22(36)24(31)37)12-16-10-9-11-16/h13,18-22,24H,2,12,14-17H2,1,3-11H3,(H,33,40)(H,34,39)(H2,35,36,42);12,17-22,24H,2,11,13-16H2,1,3-10H3,(H,32,39)(H,33,38)(H2,34,35,41);15-21,23H,9-14H2,1-8H3,(H2,31,37)(H,32,38)(H2,33,34,40)/t2*18?,19?,20-,21?,22+,24-;17?,18?,19-,20?,21+,23-/m111/s1. The van der Waals surface area contributed by atoms with E-state index >= 15 is 0 Å². The molecule has 0 aromatic rings. The molecule has 7 fully saturated rings. The molecule has 3 heterocycles. The first-order chi connectivity index (χ1) is 61.0. The second-order valence-corrected chi connectivity index (χ2v) is 42.6. The number of methoxy groups -OCH3 is 3. The van der Waals surface area contributed by atoms with Crippen molar-refractivity contribution in [2.75, 3.05) is 73.9 Å². The zero-order chi connectivity index (χ0) is 100. The Kier molecular flexibility index (Phi) is 39.3. The van der Waals surface area contributed by atoms with E-state index in [4.69, 9.17) is 19.9 Å². The van der Waals surface area contributed by atoms with Crippen molar-refractivity contribution in [3.8, 4) is 0 Å². The van der Waals surface area contributed by atoms with E-state index in [9.17, 15) is 86.3 Å². The number of nitrogens with two attached hydrogens (primary N) is 1. The lowest BCUT2D eigenvalue weighted by molar-refractivity contribution is -0.145. The zero-order valence-corrected chi connectivity index (χ0v) is 82.7. The summed E-state index contributed by atoms with van der Waals surface area (Å²) >= 11 is 0. The number of nitrogens with one attached hydrogen (secondary N) is 11. The molecular formula is C93H153N15O24. The Labute approximate surface area is 777 Å². The molecule has 7 aliphatic rings. The lowest BCUT2D eigenvalue weighted by Crippen LogP contribution is -2.62. The molecule has 9 unspecified atom stereocenters. The Morgan fingerprint density at radius 2 is 0.712 bits per heavy atom. The number of carbonyl (C=O) groups excluding carboxylic acids is 18. The molecule has 132 heavy (non-hydrogen) atoms. The Balaban J connectivity index is 0.000000350. The smallest absolute Gasteiger partial charge is 0.438 e. The van der Waals surface area contributed by atoms with Gasteiger partial charge in [0.25, 0.3) is 17.7 Å². The number of amides is 15. The lowest BCUT2D eigenvalue weighted by atomic mass is 9.80. The molecule has 0 aromatic carbocycles. The highest BCUT2D eigenvalue weighted by molar-refractivity contribution is 6.39. The number of Topliss-reactive ketones (excluding diaryl/α,β-unsaturated/α-hetero) is 3.